The molecule has 0 fully saturated rings. The van der Waals surface area contributed by atoms with Gasteiger partial charge in [-0.25, -0.2) is 4.79 Å². The number of ether oxygens (including phenoxy) is 2. The zero-order valence-electron chi connectivity index (χ0n) is 10.9. The molecular formula is C13H16ClNO4. The molecule has 104 valence electrons. The van der Waals surface area contributed by atoms with Crippen LogP contribution in [0.2, 0.25) is 5.02 Å². The second-order valence-electron chi connectivity index (χ2n) is 3.81. The molecule has 0 aliphatic carbocycles. The van der Waals surface area contributed by atoms with Gasteiger partial charge in [-0.05, 0) is 31.5 Å². The Kier molecular flexibility index (Phi) is 6.32. The molecule has 0 bridgehead atoms. The van der Waals surface area contributed by atoms with Crippen molar-refractivity contribution in [2.24, 2.45) is 0 Å². The maximum Gasteiger partial charge on any atom is 0.332 e. The van der Waals surface area contributed by atoms with Crippen molar-refractivity contribution < 1.29 is 19.1 Å². The van der Waals surface area contributed by atoms with Crippen LogP contribution in [0.1, 0.15) is 12.5 Å². The van der Waals surface area contributed by atoms with Gasteiger partial charge in [0.15, 0.2) is 6.61 Å². The van der Waals surface area contributed by atoms with E-state index >= 15 is 0 Å². The predicted octanol–water partition coefficient (Wildman–Crippen LogP) is 2.17. The second-order valence-corrected chi connectivity index (χ2v) is 4.24. The highest BCUT2D eigenvalue weighted by Crippen LogP contribution is 2.19. The minimum Gasteiger partial charge on any atom is -0.454 e. The fourth-order valence-corrected chi connectivity index (χ4v) is 1.46. The Labute approximate surface area is 116 Å². The highest BCUT2D eigenvalue weighted by Gasteiger charge is 2.09. The quantitative estimate of drug-likeness (QED) is 0.814. The molecule has 0 spiro atoms. The maximum absolute atomic E-state index is 11.6. The molecule has 0 radical (unpaired) electrons. The van der Waals surface area contributed by atoms with Gasteiger partial charge in [0.25, 0.3) is 5.91 Å². The van der Waals surface area contributed by atoms with Gasteiger partial charge in [-0.1, -0.05) is 17.7 Å². The number of carbonyl (C=O) groups excluding carboxylic acids is 2. The van der Waals surface area contributed by atoms with E-state index in [2.05, 4.69) is 5.32 Å². The van der Waals surface area contributed by atoms with Crippen molar-refractivity contribution in [3.05, 3.63) is 28.8 Å². The van der Waals surface area contributed by atoms with E-state index in [0.717, 1.165) is 5.56 Å². The number of rotatable bonds is 6. The summed E-state index contributed by atoms with van der Waals surface area (Å²) in [6, 6.07) is 5.16. The monoisotopic (exact) mass is 285 g/mol. The van der Waals surface area contributed by atoms with Crippen molar-refractivity contribution in [2.75, 3.05) is 25.1 Å². The van der Waals surface area contributed by atoms with Crippen molar-refractivity contribution in [1.82, 2.24) is 0 Å². The fraction of sp³-hybridized carbons (Fsp3) is 0.385. The number of aryl methyl sites for hydroxylation is 1. The fourth-order valence-electron chi connectivity index (χ4n) is 1.29. The Hall–Kier alpha value is -1.59. The van der Waals surface area contributed by atoms with E-state index in [-0.39, 0.29) is 13.2 Å². The molecule has 0 unspecified atom stereocenters. The number of anilines is 1. The SMILES string of the molecule is CCOCC(=O)OCC(=O)Nc1cc(Cl)ccc1C. The predicted molar refractivity (Wildman–Crippen MR) is 72.3 cm³/mol. The van der Waals surface area contributed by atoms with Crippen LogP contribution < -0.4 is 5.32 Å². The molecule has 0 aromatic heterocycles. The van der Waals surface area contributed by atoms with E-state index in [9.17, 15) is 9.59 Å². The first kappa shape index (κ1) is 15.5. The Morgan fingerprint density at radius 2 is 2.05 bits per heavy atom. The van der Waals surface area contributed by atoms with Gasteiger partial charge >= 0.3 is 5.97 Å². The zero-order valence-corrected chi connectivity index (χ0v) is 11.6. The molecular weight excluding hydrogens is 270 g/mol. The third-order valence-corrected chi connectivity index (χ3v) is 2.50. The number of amides is 1. The first-order valence-corrected chi connectivity index (χ1v) is 6.20. The normalized spacial score (nSPS) is 10.1. The molecule has 0 aliphatic rings. The summed E-state index contributed by atoms with van der Waals surface area (Å²) in [4.78, 5) is 22.7. The van der Waals surface area contributed by atoms with Gasteiger partial charge in [0.2, 0.25) is 0 Å². The standard InChI is InChI=1S/C13H16ClNO4/c1-3-18-8-13(17)19-7-12(16)15-11-6-10(14)5-4-9(11)2/h4-6H,3,7-8H2,1-2H3,(H,15,16). The van der Waals surface area contributed by atoms with Gasteiger partial charge < -0.3 is 14.8 Å². The van der Waals surface area contributed by atoms with Gasteiger partial charge in [-0.2, -0.15) is 0 Å². The summed E-state index contributed by atoms with van der Waals surface area (Å²) >= 11 is 5.83. The summed E-state index contributed by atoms with van der Waals surface area (Å²) in [6.07, 6.45) is 0. The average Bonchev–Trinajstić information content (AvgIpc) is 2.38. The molecule has 1 rings (SSSR count). The number of halogens is 1. The van der Waals surface area contributed by atoms with Crippen LogP contribution in [0, 0.1) is 6.92 Å². The minimum atomic E-state index is -0.570. The van der Waals surface area contributed by atoms with Crippen LogP contribution in [0.5, 0.6) is 0 Å². The molecule has 5 nitrogen and oxygen atoms in total. The number of esters is 1. The minimum absolute atomic E-state index is 0.153. The van der Waals surface area contributed by atoms with Gasteiger partial charge in [0.05, 0.1) is 0 Å². The lowest BCUT2D eigenvalue weighted by Crippen LogP contribution is -2.23. The topological polar surface area (TPSA) is 64.6 Å². The molecule has 1 amide bonds. The van der Waals surface area contributed by atoms with Crippen LogP contribution in [-0.2, 0) is 19.1 Å². The molecule has 0 saturated heterocycles. The van der Waals surface area contributed by atoms with Gasteiger partial charge in [0, 0.05) is 17.3 Å². The Morgan fingerprint density at radius 1 is 1.32 bits per heavy atom. The van der Waals surface area contributed by atoms with Crippen LogP contribution in [0.3, 0.4) is 0 Å². The van der Waals surface area contributed by atoms with E-state index in [1.54, 1.807) is 25.1 Å². The third-order valence-electron chi connectivity index (χ3n) is 2.26. The molecule has 1 aromatic rings. The third kappa shape index (κ3) is 5.72. The lowest BCUT2D eigenvalue weighted by atomic mass is 10.2. The van der Waals surface area contributed by atoms with Crippen LogP contribution in [0.4, 0.5) is 5.69 Å². The van der Waals surface area contributed by atoms with E-state index in [1.807, 2.05) is 6.92 Å². The van der Waals surface area contributed by atoms with Crippen LogP contribution in [-0.4, -0.2) is 31.7 Å². The van der Waals surface area contributed by atoms with Crippen LogP contribution in [0.15, 0.2) is 18.2 Å². The van der Waals surface area contributed by atoms with Crippen molar-refractivity contribution in [1.29, 1.82) is 0 Å². The van der Waals surface area contributed by atoms with Gasteiger partial charge in [-0.15, -0.1) is 0 Å². The first-order chi connectivity index (χ1) is 9.02. The number of carbonyl (C=O) groups is 2. The lowest BCUT2D eigenvalue weighted by Gasteiger charge is -2.09. The van der Waals surface area contributed by atoms with Crippen molar-refractivity contribution >= 4 is 29.2 Å². The Balaban J connectivity index is 2.43. The first-order valence-electron chi connectivity index (χ1n) is 5.82. The Morgan fingerprint density at radius 3 is 2.74 bits per heavy atom. The van der Waals surface area contributed by atoms with Gasteiger partial charge in [0.1, 0.15) is 6.61 Å². The number of hydrogen-bond donors (Lipinski definition) is 1. The van der Waals surface area contributed by atoms with Crippen molar-refractivity contribution in [2.45, 2.75) is 13.8 Å². The van der Waals surface area contributed by atoms with E-state index < -0.39 is 11.9 Å². The van der Waals surface area contributed by atoms with E-state index in [0.29, 0.717) is 17.3 Å². The van der Waals surface area contributed by atoms with Crippen molar-refractivity contribution in [3.63, 3.8) is 0 Å². The largest absolute Gasteiger partial charge is 0.454 e. The molecule has 0 atom stereocenters. The number of benzene rings is 1. The molecule has 0 aliphatic heterocycles. The molecule has 1 aromatic carbocycles. The van der Waals surface area contributed by atoms with Gasteiger partial charge in [-0.3, -0.25) is 4.79 Å². The molecule has 0 heterocycles. The summed E-state index contributed by atoms with van der Waals surface area (Å²) in [6.45, 7) is 3.52. The summed E-state index contributed by atoms with van der Waals surface area (Å²) in [7, 11) is 0. The average molecular weight is 286 g/mol. The second kappa shape index (κ2) is 7.76. The summed E-state index contributed by atoms with van der Waals surface area (Å²) in [5.41, 5.74) is 1.47. The highest BCUT2D eigenvalue weighted by atomic mass is 35.5. The number of nitrogens with one attached hydrogen (secondary N) is 1. The Bertz CT molecular complexity index is 462. The van der Waals surface area contributed by atoms with E-state index in [1.165, 1.54) is 0 Å². The summed E-state index contributed by atoms with van der Waals surface area (Å²) in [5.74, 6) is -0.991. The number of hydrogen-bond acceptors (Lipinski definition) is 4. The molecule has 1 N–H and O–H groups in total. The molecule has 0 saturated carbocycles. The highest BCUT2D eigenvalue weighted by molar-refractivity contribution is 6.31. The van der Waals surface area contributed by atoms with Crippen molar-refractivity contribution in [3.8, 4) is 0 Å². The summed E-state index contributed by atoms with van der Waals surface area (Å²) < 4.78 is 9.60. The zero-order chi connectivity index (χ0) is 14.3. The summed E-state index contributed by atoms with van der Waals surface area (Å²) in [5, 5.41) is 3.14. The molecule has 6 heteroatoms. The smallest absolute Gasteiger partial charge is 0.332 e. The van der Waals surface area contributed by atoms with Crippen LogP contribution >= 0.6 is 11.6 Å². The lowest BCUT2D eigenvalue weighted by molar-refractivity contribution is -0.151. The van der Waals surface area contributed by atoms with Crippen LogP contribution in [0.25, 0.3) is 0 Å². The molecule has 19 heavy (non-hydrogen) atoms. The maximum atomic E-state index is 11.6. The van der Waals surface area contributed by atoms with E-state index in [4.69, 9.17) is 21.1 Å².